The predicted molar refractivity (Wildman–Crippen MR) is 135 cm³/mol. The maximum absolute atomic E-state index is 12.4. The van der Waals surface area contributed by atoms with Crippen LogP contribution in [0.2, 0.25) is 0 Å². The highest BCUT2D eigenvalue weighted by molar-refractivity contribution is 5.92. The fourth-order valence-corrected chi connectivity index (χ4v) is 11.4. The van der Waals surface area contributed by atoms with Crippen molar-refractivity contribution >= 4 is 23.9 Å². The first-order valence-electron chi connectivity index (χ1n) is 14.9. The minimum Gasteiger partial charge on any atom is -0.458 e. The van der Waals surface area contributed by atoms with Gasteiger partial charge in [-0.25, -0.2) is 4.79 Å². The second-order valence-electron chi connectivity index (χ2n) is 15.3. The average molecular weight is 603 g/mol. The van der Waals surface area contributed by atoms with Crippen molar-refractivity contribution in [2.45, 2.75) is 106 Å². The van der Waals surface area contributed by atoms with E-state index in [0.29, 0.717) is 0 Å². The normalized spacial score (nSPS) is 61.3. The maximum Gasteiger partial charge on any atom is 0.342 e. The summed E-state index contributed by atoms with van der Waals surface area (Å²) in [5.74, 6) is -4.93. The standard InChI is InChI=1S/C15H18O7.C15H16O6/c1-13(2,18)4-5-11(16)21-7(4)9-14(3)6(12(17)22-9)8-10(20-8)15(5,14)19;1-5(2)7-8-11(16)19-9(7)10-13(3)14(8,18)4-6-15(13,21-6)12(17)20-10/h4-10,18-19H,1-3H3;6-10,18H,1,4H2,2-3H3/t4-,5-,6?,7-,8-,9+,10?,14+,15-;6-,7+,8+,9+,10-,13-,14-,15+/m01/s1. The number of fused-ring (bicyclic) bond motifs is 11. The molecule has 4 bridgehead atoms. The predicted octanol–water partition coefficient (Wildman–Crippen LogP) is -1.07. The second-order valence-corrected chi connectivity index (χ2v) is 15.3. The number of carbonyl (C=O) groups excluding carboxylic acids is 4. The quantitative estimate of drug-likeness (QED) is 0.150. The van der Waals surface area contributed by atoms with E-state index in [1.54, 1.807) is 27.7 Å². The van der Waals surface area contributed by atoms with Crippen LogP contribution in [-0.2, 0) is 47.6 Å². The third-order valence-corrected chi connectivity index (χ3v) is 13.3. The van der Waals surface area contributed by atoms with Crippen molar-refractivity contribution in [2.75, 3.05) is 0 Å². The molecule has 13 nitrogen and oxygen atoms in total. The zero-order chi connectivity index (χ0) is 30.8. The van der Waals surface area contributed by atoms with Gasteiger partial charge in [-0.05, 0) is 27.7 Å². The molecule has 6 saturated heterocycles. The van der Waals surface area contributed by atoms with Gasteiger partial charge in [-0.15, -0.1) is 0 Å². The largest absolute Gasteiger partial charge is 0.458 e. The van der Waals surface area contributed by atoms with E-state index in [2.05, 4.69) is 6.58 Å². The minimum atomic E-state index is -1.55. The number of carbonyl (C=O) groups is 4. The molecule has 0 amide bonds. The molecule has 232 valence electrons. The molecular weight excluding hydrogens is 568 g/mol. The van der Waals surface area contributed by atoms with E-state index in [0.717, 1.165) is 5.57 Å². The highest BCUT2D eigenvalue weighted by Crippen LogP contribution is 2.77. The monoisotopic (exact) mass is 602 g/mol. The Balaban J connectivity index is 0.000000121. The highest BCUT2D eigenvalue weighted by Gasteiger charge is 2.95. The summed E-state index contributed by atoms with van der Waals surface area (Å²) in [5, 5.41) is 33.4. The maximum atomic E-state index is 12.4. The Morgan fingerprint density at radius 3 is 2.14 bits per heavy atom. The van der Waals surface area contributed by atoms with Crippen molar-refractivity contribution in [3.05, 3.63) is 12.2 Å². The van der Waals surface area contributed by atoms with E-state index in [-0.39, 0.29) is 18.4 Å². The summed E-state index contributed by atoms with van der Waals surface area (Å²) in [6.07, 6.45) is -3.78. The van der Waals surface area contributed by atoms with E-state index < -0.39 is 117 Å². The van der Waals surface area contributed by atoms with Crippen LogP contribution in [0.1, 0.15) is 41.0 Å². The van der Waals surface area contributed by atoms with E-state index in [1.165, 1.54) is 0 Å². The Hall–Kier alpha value is -2.58. The van der Waals surface area contributed by atoms with Crippen LogP contribution in [0.15, 0.2) is 12.2 Å². The van der Waals surface area contributed by atoms with E-state index in [4.69, 9.17) is 28.4 Å². The first-order valence-corrected chi connectivity index (χ1v) is 14.9. The molecule has 0 radical (unpaired) electrons. The Kier molecular flexibility index (Phi) is 4.34. The number of ether oxygens (including phenoxy) is 6. The minimum absolute atomic E-state index is 0.269. The van der Waals surface area contributed by atoms with Crippen LogP contribution in [0.3, 0.4) is 0 Å². The average Bonchev–Trinajstić information content (AvgIpc) is 3.64. The summed E-state index contributed by atoms with van der Waals surface area (Å²) in [6.45, 7) is 12.5. The third kappa shape index (κ3) is 2.38. The molecule has 4 aliphatic carbocycles. The van der Waals surface area contributed by atoms with Gasteiger partial charge >= 0.3 is 23.9 Å². The van der Waals surface area contributed by atoms with Crippen LogP contribution in [-0.4, -0.2) is 104 Å². The van der Waals surface area contributed by atoms with E-state index in [9.17, 15) is 34.5 Å². The molecule has 1 spiro atoms. The lowest BCUT2D eigenvalue weighted by atomic mass is 9.52. The van der Waals surface area contributed by atoms with Crippen molar-refractivity contribution in [1.82, 2.24) is 0 Å². The smallest absolute Gasteiger partial charge is 0.342 e. The molecule has 0 aromatic rings. The molecular formula is C30H34O13. The summed E-state index contributed by atoms with van der Waals surface area (Å²) in [4.78, 5) is 49.4. The summed E-state index contributed by atoms with van der Waals surface area (Å²) in [6, 6.07) is 0. The van der Waals surface area contributed by atoms with Gasteiger partial charge in [0.25, 0.3) is 0 Å². The number of hydrogen-bond donors (Lipinski definition) is 3. The highest BCUT2D eigenvalue weighted by atomic mass is 16.7. The van der Waals surface area contributed by atoms with E-state index in [1.807, 2.05) is 6.92 Å². The summed E-state index contributed by atoms with van der Waals surface area (Å²) in [7, 11) is 0. The van der Waals surface area contributed by atoms with Gasteiger partial charge in [0.15, 0.2) is 6.10 Å². The summed E-state index contributed by atoms with van der Waals surface area (Å²) < 4.78 is 33.1. The molecule has 2 unspecified atom stereocenters. The van der Waals surface area contributed by atoms with Gasteiger partial charge in [0.05, 0.1) is 39.8 Å². The Bertz CT molecular complexity index is 1480. The summed E-state index contributed by atoms with van der Waals surface area (Å²) >= 11 is 0. The van der Waals surface area contributed by atoms with Gasteiger partial charge in [-0.2, -0.15) is 0 Å². The van der Waals surface area contributed by atoms with Gasteiger partial charge < -0.3 is 43.7 Å². The van der Waals surface area contributed by atoms with Gasteiger partial charge in [0.1, 0.15) is 42.2 Å². The number of esters is 4. The van der Waals surface area contributed by atoms with Crippen LogP contribution < -0.4 is 0 Å². The van der Waals surface area contributed by atoms with Crippen LogP contribution >= 0.6 is 0 Å². The molecule has 0 aromatic carbocycles. The number of epoxide rings is 2. The lowest BCUT2D eigenvalue weighted by Crippen LogP contribution is -2.69. The van der Waals surface area contributed by atoms with Gasteiger partial charge in [-0.1, -0.05) is 19.1 Å². The summed E-state index contributed by atoms with van der Waals surface area (Å²) in [5.41, 5.74) is -6.32. The molecule has 13 heteroatoms. The van der Waals surface area contributed by atoms with Crippen molar-refractivity contribution in [2.24, 2.45) is 40.4 Å². The molecule has 6 heterocycles. The molecule has 10 aliphatic rings. The fourth-order valence-electron chi connectivity index (χ4n) is 11.4. The van der Waals surface area contributed by atoms with Crippen molar-refractivity contribution in [3.63, 3.8) is 0 Å². The molecule has 10 rings (SSSR count). The zero-order valence-corrected chi connectivity index (χ0v) is 24.3. The van der Waals surface area contributed by atoms with Gasteiger partial charge in [0, 0.05) is 18.3 Å². The number of hydrogen-bond acceptors (Lipinski definition) is 13. The molecule has 43 heavy (non-hydrogen) atoms. The van der Waals surface area contributed by atoms with Crippen LogP contribution in [0.25, 0.3) is 0 Å². The van der Waals surface area contributed by atoms with E-state index >= 15 is 0 Å². The fraction of sp³-hybridized carbons (Fsp3) is 0.800. The lowest BCUT2D eigenvalue weighted by molar-refractivity contribution is -0.225. The van der Waals surface area contributed by atoms with Crippen molar-refractivity contribution in [3.8, 4) is 0 Å². The number of aliphatic hydroxyl groups is 3. The van der Waals surface area contributed by atoms with Crippen molar-refractivity contribution < 1.29 is 62.9 Å². The van der Waals surface area contributed by atoms with Gasteiger partial charge in [0.2, 0.25) is 5.60 Å². The SMILES string of the molecule is C=C(C)[C@@H]1[C@@H]2OC(=O)[C@H]1[C@]1(O)C[C@H]3O[C@]34C(=O)O[C@H]2[C@]14C.CC(C)(O)[C@@H]1[C@@H]2OC(=O)[C@H]1[C@]1(O)C3O[C@H]3C3C(=O)O[C@H]2[C@@]31C. The van der Waals surface area contributed by atoms with Crippen molar-refractivity contribution in [1.29, 1.82) is 0 Å². The molecule has 3 N–H and O–H groups in total. The first-order chi connectivity index (χ1) is 19.9. The lowest BCUT2D eigenvalue weighted by Gasteiger charge is -2.53. The first kappa shape index (κ1) is 26.8. The topological polar surface area (TPSA) is 191 Å². The molecule has 17 atom stereocenters. The molecule has 10 fully saturated rings. The second kappa shape index (κ2) is 6.96. The van der Waals surface area contributed by atoms with Gasteiger partial charge in [-0.3, -0.25) is 14.4 Å². The van der Waals surface area contributed by atoms with Crippen LogP contribution in [0.5, 0.6) is 0 Å². The Morgan fingerprint density at radius 2 is 1.49 bits per heavy atom. The molecule has 0 aromatic heterocycles. The molecule has 6 aliphatic heterocycles. The molecule has 4 saturated carbocycles. The Labute approximate surface area is 245 Å². The van der Waals surface area contributed by atoms with Crippen LogP contribution in [0, 0.1) is 40.4 Å². The zero-order valence-electron chi connectivity index (χ0n) is 24.3. The van der Waals surface area contributed by atoms with Crippen LogP contribution in [0.4, 0.5) is 0 Å². The Morgan fingerprint density at radius 1 is 0.860 bits per heavy atom. The number of rotatable bonds is 2. The third-order valence-electron chi connectivity index (χ3n) is 13.3.